The number of benzene rings is 1. The number of fused-ring (bicyclic) bond motifs is 1. The molecule has 1 saturated heterocycles. The van der Waals surface area contributed by atoms with Gasteiger partial charge in [-0.2, -0.15) is 0 Å². The molecule has 4 rings (SSSR count). The van der Waals surface area contributed by atoms with Crippen LogP contribution in [-0.2, 0) is 20.9 Å². The van der Waals surface area contributed by atoms with E-state index >= 15 is 0 Å². The fourth-order valence-corrected chi connectivity index (χ4v) is 6.78. The fraction of sp³-hybridized carbons (Fsp3) is 0.261. The van der Waals surface area contributed by atoms with Gasteiger partial charge in [-0.25, -0.2) is 9.36 Å². The van der Waals surface area contributed by atoms with E-state index in [1.807, 2.05) is 0 Å². The number of β-lactam (4-membered cyclic amide) rings is 1. The van der Waals surface area contributed by atoms with Crippen LogP contribution < -0.4 is 15.2 Å². The highest BCUT2D eigenvalue weighted by Gasteiger charge is 2.54. The molecule has 0 spiro atoms. The Kier molecular flexibility index (Phi) is 8.59. The van der Waals surface area contributed by atoms with Crippen LogP contribution in [0.25, 0.3) is 0 Å². The number of amides is 3. The van der Waals surface area contributed by atoms with Gasteiger partial charge in [0, 0.05) is 29.3 Å². The topological polar surface area (TPSA) is 120 Å². The lowest BCUT2D eigenvalue weighted by molar-refractivity contribution is -0.689. The van der Waals surface area contributed by atoms with Crippen molar-refractivity contribution in [3.8, 4) is 0 Å². The van der Waals surface area contributed by atoms with E-state index in [0.29, 0.717) is 36.9 Å². The molecule has 2 aliphatic heterocycles. The third-order valence-electron chi connectivity index (χ3n) is 5.62. The Morgan fingerprint density at radius 3 is 2.65 bits per heavy atom. The number of carbonyl (C=O) groups is 4. The van der Waals surface area contributed by atoms with Gasteiger partial charge in [0.2, 0.25) is 5.91 Å². The van der Waals surface area contributed by atoms with Gasteiger partial charge < -0.3 is 15.7 Å². The number of aliphatic carboxylic acids is 1. The van der Waals surface area contributed by atoms with E-state index in [1.54, 1.807) is 35.2 Å². The quantitative estimate of drug-likeness (QED) is 0.184. The number of pyridine rings is 1. The van der Waals surface area contributed by atoms with Crippen molar-refractivity contribution in [3.63, 3.8) is 0 Å². The smallest absolute Gasteiger partial charge is 0.352 e. The van der Waals surface area contributed by atoms with Crippen LogP contribution in [-0.4, -0.2) is 63.7 Å². The molecule has 2 atom stereocenters. The summed E-state index contributed by atoms with van der Waals surface area (Å²) in [5.74, 6) is -2.08. The maximum atomic E-state index is 12.9. The summed E-state index contributed by atoms with van der Waals surface area (Å²) in [5, 5.41) is 15.6. The van der Waals surface area contributed by atoms with Crippen LogP contribution in [0.3, 0.4) is 0 Å². The highest BCUT2D eigenvalue weighted by molar-refractivity contribution is 8.00. The first-order chi connectivity index (χ1) is 17.6. The Balaban J connectivity index is 1.43. The number of thioether (sulfide) groups is 2. The van der Waals surface area contributed by atoms with Crippen LogP contribution >= 0.6 is 58.3 Å². The molecule has 2 aromatic rings. The SMILES string of the molecule is CNC(=O)c1ccc[n+](CC2=C(C(=O)O)N3C(=O)[C@@H](NC(=O)CSc4cc(Cl)c(Cl)cc4Cl)[C@H]3SC2)c1. The number of carboxylic acids is 1. The monoisotopic (exact) mass is 601 g/mol. The number of aromatic nitrogens is 1. The molecule has 1 aromatic heterocycles. The number of nitrogens with one attached hydrogen (secondary N) is 2. The summed E-state index contributed by atoms with van der Waals surface area (Å²) in [4.78, 5) is 51.3. The lowest BCUT2D eigenvalue weighted by atomic mass is 10.0. The predicted octanol–water partition coefficient (Wildman–Crippen LogP) is 2.82. The lowest BCUT2D eigenvalue weighted by Gasteiger charge is -2.49. The summed E-state index contributed by atoms with van der Waals surface area (Å²) in [6, 6.07) is 5.54. The second kappa shape index (κ2) is 11.5. The van der Waals surface area contributed by atoms with Crippen molar-refractivity contribution in [1.82, 2.24) is 15.5 Å². The van der Waals surface area contributed by atoms with E-state index in [1.165, 1.54) is 29.8 Å². The minimum absolute atomic E-state index is 0.0238. The van der Waals surface area contributed by atoms with E-state index in [2.05, 4.69) is 10.6 Å². The first-order valence-electron chi connectivity index (χ1n) is 10.8. The Morgan fingerprint density at radius 1 is 1.22 bits per heavy atom. The zero-order valence-corrected chi connectivity index (χ0v) is 23.1. The largest absolute Gasteiger partial charge is 0.477 e. The van der Waals surface area contributed by atoms with Gasteiger partial charge in [-0.15, -0.1) is 23.5 Å². The molecule has 0 unspecified atom stereocenters. The zero-order chi connectivity index (χ0) is 26.9. The summed E-state index contributed by atoms with van der Waals surface area (Å²) in [6.45, 7) is 0.189. The number of carboxylic acid groups (broad SMARTS) is 1. The molecule has 1 fully saturated rings. The van der Waals surface area contributed by atoms with Crippen molar-refractivity contribution in [2.75, 3.05) is 18.6 Å². The molecule has 0 aliphatic carbocycles. The number of nitrogens with zero attached hydrogens (tertiary/aromatic N) is 2. The van der Waals surface area contributed by atoms with E-state index in [4.69, 9.17) is 34.8 Å². The first kappa shape index (κ1) is 27.6. The normalized spacial score (nSPS) is 18.7. The Bertz CT molecular complexity index is 1340. The Hall–Kier alpha value is -2.44. The Labute approximate surface area is 235 Å². The zero-order valence-electron chi connectivity index (χ0n) is 19.2. The highest BCUT2D eigenvalue weighted by Crippen LogP contribution is 2.40. The van der Waals surface area contributed by atoms with Gasteiger partial charge in [-0.1, -0.05) is 34.8 Å². The number of hydrogen-bond acceptors (Lipinski definition) is 6. The van der Waals surface area contributed by atoms with E-state index in [9.17, 15) is 24.3 Å². The van der Waals surface area contributed by atoms with Crippen LogP contribution in [0.2, 0.25) is 15.1 Å². The molecule has 0 bridgehead atoms. The molecule has 3 amide bonds. The molecule has 3 heterocycles. The summed E-state index contributed by atoms with van der Waals surface area (Å²) in [7, 11) is 1.52. The number of hydrogen-bond donors (Lipinski definition) is 3. The molecule has 37 heavy (non-hydrogen) atoms. The summed E-state index contributed by atoms with van der Waals surface area (Å²) < 4.78 is 1.69. The van der Waals surface area contributed by atoms with Crippen molar-refractivity contribution < 1.29 is 28.9 Å². The van der Waals surface area contributed by atoms with Gasteiger partial charge >= 0.3 is 5.97 Å². The minimum atomic E-state index is -1.23. The predicted molar refractivity (Wildman–Crippen MR) is 142 cm³/mol. The minimum Gasteiger partial charge on any atom is -0.477 e. The molecule has 2 aliphatic rings. The third kappa shape index (κ3) is 5.85. The third-order valence-corrected chi connectivity index (χ3v) is 9.16. The number of halogens is 3. The summed E-state index contributed by atoms with van der Waals surface area (Å²) >= 11 is 20.6. The van der Waals surface area contributed by atoms with Crippen LogP contribution in [0.4, 0.5) is 0 Å². The molecular formula is C23H20Cl3N4O5S2+. The van der Waals surface area contributed by atoms with Crippen LogP contribution in [0, 0.1) is 0 Å². The molecule has 194 valence electrons. The first-order valence-corrected chi connectivity index (χ1v) is 14.0. The molecule has 9 nitrogen and oxygen atoms in total. The van der Waals surface area contributed by atoms with Crippen LogP contribution in [0.5, 0.6) is 0 Å². The molecule has 0 saturated carbocycles. The standard InChI is InChI=1S/C23H19Cl3N4O5S2/c1-27-20(32)11-3-2-4-29(7-11)8-12-9-37-22-18(21(33)30(22)19(12)23(34)35)28-17(31)10-36-16-6-14(25)13(24)5-15(16)26/h2-7,18,22H,8-10H2,1H3,(H2-,27,28,31,32,34,35)/p+1/t18-,22-/m1/s1. The van der Waals surface area contributed by atoms with E-state index in [0.717, 1.165) is 11.8 Å². The molecule has 0 radical (unpaired) electrons. The average molecular weight is 603 g/mol. The van der Waals surface area contributed by atoms with Crippen molar-refractivity contribution in [1.29, 1.82) is 0 Å². The highest BCUT2D eigenvalue weighted by atomic mass is 35.5. The van der Waals surface area contributed by atoms with Gasteiger partial charge in [0.15, 0.2) is 18.9 Å². The molecule has 3 N–H and O–H groups in total. The molecule has 14 heteroatoms. The van der Waals surface area contributed by atoms with Gasteiger partial charge in [0.1, 0.15) is 22.7 Å². The molecule has 1 aromatic carbocycles. The van der Waals surface area contributed by atoms with Crippen LogP contribution in [0.1, 0.15) is 10.4 Å². The van der Waals surface area contributed by atoms with Crippen LogP contribution in [0.15, 0.2) is 52.8 Å². The van der Waals surface area contributed by atoms with Gasteiger partial charge in [-0.3, -0.25) is 19.3 Å². The van der Waals surface area contributed by atoms with E-state index in [-0.39, 0.29) is 23.9 Å². The van der Waals surface area contributed by atoms with E-state index < -0.39 is 29.2 Å². The number of carbonyl (C=O) groups excluding carboxylic acids is 3. The number of rotatable bonds is 8. The van der Waals surface area contributed by atoms with Crippen molar-refractivity contribution in [2.45, 2.75) is 22.9 Å². The second-order valence-electron chi connectivity index (χ2n) is 8.04. The van der Waals surface area contributed by atoms with Gasteiger partial charge in [0.05, 0.1) is 20.8 Å². The second-order valence-corrected chi connectivity index (χ2v) is 11.4. The maximum absolute atomic E-state index is 12.9. The summed E-state index contributed by atoms with van der Waals surface area (Å²) in [5.41, 5.74) is 0.844. The average Bonchev–Trinajstić information content (AvgIpc) is 2.87. The van der Waals surface area contributed by atoms with Gasteiger partial charge in [0.25, 0.3) is 11.8 Å². The van der Waals surface area contributed by atoms with Crippen molar-refractivity contribution in [2.24, 2.45) is 0 Å². The molecular weight excluding hydrogens is 583 g/mol. The van der Waals surface area contributed by atoms with Crippen molar-refractivity contribution in [3.05, 3.63) is 68.6 Å². The summed E-state index contributed by atoms with van der Waals surface area (Å²) in [6.07, 6.45) is 3.33. The Morgan fingerprint density at radius 2 is 1.95 bits per heavy atom. The lowest BCUT2D eigenvalue weighted by Crippen LogP contribution is -2.71. The maximum Gasteiger partial charge on any atom is 0.352 e. The van der Waals surface area contributed by atoms with Crippen molar-refractivity contribution >= 4 is 82.0 Å². The fourth-order valence-electron chi connectivity index (χ4n) is 3.90. The van der Waals surface area contributed by atoms with Gasteiger partial charge in [-0.05, 0) is 18.2 Å².